The van der Waals surface area contributed by atoms with Crippen molar-refractivity contribution >= 4 is 42.9 Å². The van der Waals surface area contributed by atoms with Crippen molar-refractivity contribution in [1.29, 1.82) is 0 Å². The molecule has 0 spiro atoms. The van der Waals surface area contributed by atoms with Crippen LogP contribution in [-0.2, 0) is 0 Å². The van der Waals surface area contributed by atoms with Gasteiger partial charge in [-0.2, -0.15) is 4.98 Å². The molecule has 0 fully saturated rings. The Bertz CT molecular complexity index is 954. The highest BCUT2D eigenvalue weighted by atomic mass is 32.9. The minimum Gasteiger partial charge on any atom is -0.286 e. The molecule has 0 amide bonds. The summed E-state index contributed by atoms with van der Waals surface area (Å²) in [6.07, 6.45) is 0. The number of hydrogen-bond acceptors (Lipinski definition) is 5. The van der Waals surface area contributed by atoms with Gasteiger partial charge in [0.15, 0.2) is 0 Å². The summed E-state index contributed by atoms with van der Waals surface area (Å²) in [7, 11) is 3.21. The van der Waals surface area contributed by atoms with E-state index < -0.39 is 0 Å². The van der Waals surface area contributed by atoms with Gasteiger partial charge in [0, 0.05) is 11.4 Å². The molecule has 0 radical (unpaired) electrons. The monoisotopic (exact) mass is 361 g/mol. The van der Waals surface area contributed by atoms with E-state index >= 15 is 0 Å². The van der Waals surface area contributed by atoms with E-state index in [2.05, 4.69) is 34.2 Å². The van der Waals surface area contributed by atoms with Gasteiger partial charge in [0.05, 0.1) is 5.69 Å². The molecule has 0 unspecified atom stereocenters. The van der Waals surface area contributed by atoms with E-state index in [-0.39, 0.29) is 0 Å². The fourth-order valence-electron chi connectivity index (χ4n) is 2.46. The molecule has 4 rings (SSSR count). The predicted octanol–water partition coefficient (Wildman–Crippen LogP) is 5.91. The number of nitrogens with zero attached hydrogens (tertiary/aromatic N) is 3. The van der Waals surface area contributed by atoms with Crippen molar-refractivity contribution in [3.05, 3.63) is 95.8 Å². The molecule has 0 atom stereocenters. The van der Waals surface area contributed by atoms with E-state index in [0.29, 0.717) is 0 Å². The van der Waals surface area contributed by atoms with Gasteiger partial charge in [-0.05, 0) is 57.1 Å². The van der Waals surface area contributed by atoms with Crippen LogP contribution in [0, 0.1) is 0 Å². The number of aromatic nitrogens is 1. The number of rotatable bonds is 4. The largest absolute Gasteiger partial charge is 0.286 e. The van der Waals surface area contributed by atoms with Gasteiger partial charge in [0.1, 0.15) is 0 Å². The zero-order valence-corrected chi connectivity index (χ0v) is 15.0. The molecule has 0 saturated carbocycles. The minimum atomic E-state index is 0.767. The summed E-state index contributed by atoms with van der Waals surface area (Å²) in [5.41, 5.74) is 3.09. The van der Waals surface area contributed by atoms with Gasteiger partial charge in [-0.1, -0.05) is 54.6 Å². The lowest BCUT2D eigenvalue weighted by Gasteiger charge is -2.21. The molecule has 3 aromatic carbocycles. The van der Waals surface area contributed by atoms with Gasteiger partial charge in [-0.25, -0.2) is 4.99 Å². The molecule has 0 N–H and O–H groups in total. The van der Waals surface area contributed by atoms with Crippen LogP contribution in [0.4, 0.5) is 22.2 Å². The Kier molecular flexibility index (Phi) is 4.68. The molecule has 4 aromatic rings. The Morgan fingerprint density at radius 3 is 1.72 bits per heavy atom. The molecule has 0 aliphatic carbocycles. The zero-order valence-electron chi connectivity index (χ0n) is 13.3. The molecule has 1 heterocycles. The minimum absolute atomic E-state index is 0.767. The average Bonchev–Trinajstić information content (AvgIpc) is 3.12. The first-order valence-corrected chi connectivity index (χ1v) is 10.0. The van der Waals surface area contributed by atoms with E-state index in [0.717, 1.165) is 27.0 Å². The molecule has 0 bridgehead atoms. The molecule has 0 aliphatic heterocycles. The fourth-order valence-corrected chi connectivity index (χ4v) is 4.35. The van der Waals surface area contributed by atoms with Crippen LogP contribution in [0.15, 0.2) is 96.0 Å². The molecule has 25 heavy (non-hydrogen) atoms. The standard InChI is InChI=1S/C20H15N3S2/c1-4-10-16(11-5-1)21-19-22-20(25-24-19)23(17-12-6-2-7-13-17)18-14-8-3-9-15-18/h1-15H. The molecule has 1 aromatic heterocycles. The molecule has 5 heteroatoms. The molecule has 0 aliphatic rings. The number of hydrogen-bond donors (Lipinski definition) is 0. The first kappa shape index (κ1) is 15.7. The Labute approximate surface area is 153 Å². The highest BCUT2D eigenvalue weighted by Crippen LogP contribution is 2.35. The van der Waals surface area contributed by atoms with Crippen LogP contribution in [-0.4, -0.2) is 4.98 Å². The summed E-state index contributed by atoms with van der Waals surface area (Å²) < 4.78 is 0. The molecule has 3 nitrogen and oxygen atoms in total. The van der Waals surface area contributed by atoms with Gasteiger partial charge in [0.25, 0.3) is 0 Å². The first-order chi connectivity index (χ1) is 12.4. The van der Waals surface area contributed by atoms with Crippen LogP contribution in [0.2, 0.25) is 0 Å². The van der Waals surface area contributed by atoms with E-state index in [1.165, 1.54) is 0 Å². The number of para-hydroxylation sites is 3. The van der Waals surface area contributed by atoms with E-state index in [9.17, 15) is 0 Å². The second-order valence-electron chi connectivity index (χ2n) is 5.30. The van der Waals surface area contributed by atoms with Gasteiger partial charge in [-0.3, -0.25) is 4.90 Å². The van der Waals surface area contributed by atoms with Crippen molar-refractivity contribution in [1.82, 2.24) is 4.98 Å². The van der Waals surface area contributed by atoms with Crippen molar-refractivity contribution in [2.24, 2.45) is 4.99 Å². The van der Waals surface area contributed by atoms with Crippen LogP contribution in [0.1, 0.15) is 0 Å². The van der Waals surface area contributed by atoms with Crippen LogP contribution < -0.4 is 9.70 Å². The summed E-state index contributed by atoms with van der Waals surface area (Å²) in [4.78, 5) is 12.3. The SMILES string of the molecule is c1ccc(N=c2nc(N(c3ccccc3)c3ccccc3)ss2)cc1. The topological polar surface area (TPSA) is 28.5 Å². The third-order valence-electron chi connectivity index (χ3n) is 3.58. The Balaban J connectivity index is 1.78. The zero-order chi connectivity index (χ0) is 16.9. The summed E-state index contributed by atoms with van der Waals surface area (Å²) in [5.74, 6) is 0. The summed E-state index contributed by atoms with van der Waals surface area (Å²) in [6, 6.07) is 30.5. The molecular formula is C20H15N3S2. The van der Waals surface area contributed by atoms with E-state index in [1.807, 2.05) is 66.7 Å². The lowest BCUT2D eigenvalue weighted by atomic mass is 10.2. The normalized spacial score (nSPS) is 11.4. The highest BCUT2D eigenvalue weighted by molar-refractivity contribution is 7.69. The van der Waals surface area contributed by atoms with Crippen molar-refractivity contribution < 1.29 is 0 Å². The molecule has 0 saturated heterocycles. The van der Waals surface area contributed by atoms with Crippen molar-refractivity contribution in [3.8, 4) is 0 Å². The van der Waals surface area contributed by atoms with Crippen molar-refractivity contribution in [2.45, 2.75) is 0 Å². The highest BCUT2D eigenvalue weighted by Gasteiger charge is 2.15. The predicted molar refractivity (Wildman–Crippen MR) is 106 cm³/mol. The first-order valence-electron chi connectivity index (χ1n) is 7.87. The summed E-state index contributed by atoms with van der Waals surface area (Å²) in [5, 5.41) is 0.914. The second kappa shape index (κ2) is 7.42. The van der Waals surface area contributed by atoms with Crippen molar-refractivity contribution in [3.63, 3.8) is 0 Å². The lowest BCUT2D eigenvalue weighted by Crippen LogP contribution is -2.11. The Morgan fingerprint density at radius 2 is 1.16 bits per heavy atom. The van der Waals surface area contributed by atoms with Gasteiger partial charge < -0.3 is 0 Å². The van der Waals surface area contributed by atoms with Crippen molar-refractivity contribution in [2.75, 3.05) is 4.90 Å². The smallest absolute Gasteiger partial charge is 0.222 e. The van der Waals surface area contributed by atoms with Crippen LogP contribution in [0.3, 0.4) is 0 Å². The van der Waals surface area contributed by atoms with Gasteiger partial charge in [-0.15, -0.1) is 0 Å². The van der Waals surface area contributed by atoms with Crippen LogP contribution in [0.25, 0.3) is 0 Å². The maximum atomic E-state index is 4.75. The van der Waals surface area contributed by atoms with E-state index in [1.54, 1.807) is 20.7 Å². The van der Waals surface area contributed by atoms with Crippen LogP contribution >= 0.6 is 20.7 Å². The van der Waals surface area contributed by atoms with Gasteiger partial charge in [0.2, 0.25) is 9.93 Å². The molecular weight excluding hydrogens is 346 g/mol. The third-order valence-corrected chi connectivity index (χ3v) is 5.57. The molecule has 122 valence electrons. The third kappa shape index (κ3) is 3.68. The van der Waals surface area contributed by atoms with E-state index in [4.69, 9.17) is 4.98 Å². The average molecular weight is 361 g/mol. The maximum Gasteiger partial charge on any atom is 0.222 e. The van der Waals surface area contributed by atoms with Crippen LogP contribution in [0.5, 0.6) is 0 Å². The summed E-state index contributed by atoms with van der Waals surface area (Å²) >= 11 is 0. The second-order valence-corrected chi connectivity index (χ2v) is 7.36. The number of anilines is 3. The fraction of sp³-hybridized carbons (Fsp3) is 0. The number of benzene rings is 3. The Morgan fingerprint density at radius 1 is 0.640 bits per heavy atom. The summed E-state index contributed by atoms with van der Waals surface area (Å²) in [6.45, 7) is 0. The lowest BCUT2D eigenvalue weighted by molar-refractivity contribution is 1.17. The quantitative estimate of drug-likeness (QED) is 0.423. The Hall–Kier alpha value is -2.76. The van der Waals surface area contributed by atoms with Gasteiger partial charge >= 0.3 is 0 Å². The maximum absolute atomic E-state index is 4.75.